The maximum atomic E-state index is 13.2. The van der Waals surface area contributed by atoms with Crippen molar-refractivity contribution in [1.82, 2.24) is 20.1 Å². The zero-order valence-corrected chi connectivity index (χ0v) is 17.6. The van der Waals surface area contributed by atoms with Crippen LogP contribution in [-0.4, -0.2) is 38.2 Å². The lowest BCUT2D eigenvalue weighted by Gasteiger charge is -2.22. The van der Waals surface area contributed by atoms with E-state index in [9.17, 15) is 4.79 Å². The first-order valence-electron chi connectivity index (χ1n) is 9.78. The number of pyridine rings is 1. The van der Waals surface area contributed by atoms with Crippen LogP contribution < -0.4 is 5.32 Å². The molecule has 1 fully saturated rings. The maximum Gasteiger partial charge on any atom is 0.252 e. The molecule has 1 saturated heterocycles. The van der Waals surface area contributed by atoms with Gasteiger partial charge in [0.1, 0.15) is 11.5 Å². The molecule has 4 heterocycles. The largest absolute Gasteiger partial charge is 0.466 e. The molecule has 0 atom stereocenters. The molecule has 0 aromatic carbocycles. The van der Waals surface area contributed by atoms with E-state index in [1.165, 1.54) is 0 Å². The molecule has 6 nitrogen and oxygen atoms in total. The van der Waals surface area contributed by atoms with Gasteiger partial charge >= 0.3 is 0 Å². The number of carbonyl (C=O) groups excluding carboxylic acids is 1. The third kappa shape index (κ3) is 3.55. The topological polar surface area (TPSA) is 73.0 Å². The fourth-order valence-corrected chi connectivity index (χ4v) is 4.82. The van der Waals surface area contributed by atoms with Crippen LogP contribution in [0.1, 0.15) is 54.6 Å². The standard InChI is InChI=1S/C21H26N4O2S/c1-12(2)25-20-18(11-22-25)17(21(26)23-15-5-7-28-8-6-15)10-19(24-20)16-9-13(3)27-14(16)4/h9-12,15H,5-8H2,1-4H3,(H,23,26). The SMILES string of the molecule is Cc1cc(-c2cc(C(=O)NC3CCSCC3)c3cnn(C(C)C)c3n2)c(C)o1. The number of furan rings is 1. The Kier molecular flexibility index (Phi) is 5.19. The summed E-state index contributed by atoms with van der Waals surface area (Å²) in [5, 5.41) is 8.51. The van der Waals surface area contributed by atoms with Crippen LogP contribution in [0.5, 0.6) is 0 Å². The molecule has 3 aromatic heterocycles. The summed E-state index contributed by atoms with van der Waals surface area (Å²) in [6, 6.07) is 4.23. The molecular weight excluding hydrogens is 372 g/mol. The van der Waals surface area contributed by atoms with Gasteiger partial charge in [0.15, 0.2) is 5.65 Å². The van der Waals surface area contributed by atoms with Gasteiger partial charge in [-0.1, -0.05) is 0 Å². The summed E-state index contributed by atoms with van der Waals surface area (Å²) in [5.74, 6) is 3.78. The first kappa shape index (κ1) is 19.1. The van der Waals surface area contributed by atoms with Gasteiger partial charge in [-0.15, -0.1) is 0 Å². The molecule has 7 heteroatoms. The molecular formula is C21H26N4O2S. The van der Waals surface area contributed by atoms with Crippen molar-refractivity contribution in [1.29, 1.82) is 0 Å². The predicted molar refractivity (Wildman–Crippen MR) is 113 cm³/mol. The summed E-state index contributed by atoms with van der Waals surface area (Å²) in [5.41, 5.74) is 3.02. The lowest BCUT2D eigenvalue weighted by Crippen LogP contribution is -2.37. The molecule has 0 saturated carbocycles. The van der Waals surface area contributed by atoms with E-state index in [2.05, 4.69) is 24.3 Å². The number of aryl methyl sites for hydroxylation is 2. The van der Waals surface area contributed by atoms with E-state index >= 15 is 0 Å². The fraction of sp³-hybridized carbons (Fsp3) is 0.476. The van der Waals surface area contributed by atoms with Crippen LogP contribution in [-0.2, 0) is 0 Å². The van der Waals surface area contributed by atoms with Crippen molar-refractivity contribution in [2.24, 2.45) is 0 Å². The van der Waals surface area contributed by atoms with E-state index in [0.29, 0.717) is 5.56 Å². The minimum Gasteiger partial charge on any atom is -0.466 e. The highest BCUT2D eigenvalue weighted by molar-refractivity contribution is 7.99. The van der Waals surface area contributed by atoms with Gasteiger partial charge < -0.3 is 9.73 Å². The Hall–Kier alpha value is -2.28. The predicted octanol–water partition coefficient (Wildman–Crippen LogP) is 4.51. The van der Waals surface area contributed by atoms with Crippen molar-refractivity contribution < 1.29 is 9.21 Å². The molecule has 1 aliphatic heterocycles. The van der Waals surface area contributed by atoms with Gasteiger partial charge in [0.2, 0.25) is 0 Å². The van der Waals surface area contributed by atoms with Crippen LogP contribution in [0.4, 0.5) is 0 Å². The second kappa shape index (κ2) is 7.62. The normalized spacial score (nSPS) is 15.5. The molecule has 28 heavy (non-hydrogen) atoms. The van der Waals surface area contributed by atoms with Crippen molar-refractivity contribution in [3.8, 4) is 11.3 Å². The summed E-state index contributed by atoms with van der Waals surface area (Å²) < 4.78 is 7.57. The van der Waals surface area contributed by atoms with Crippen molar-refractivity contribution >= 4 is 28.7 Å². The average molecular weight is 399 g/mol. The Bertz CT molecular complexity index is 1020. The lowest BCUT2D eigenvalue weighted by molar-refractivity contribution is 0.0936. The highest BCUT2D eigenvalue weighted by Gasteiger charge is 2.23. The average Bonchev–Trinajstić information content (AvgIpc) is 3.24. The fourth-order valence-electron chi connectivity index (χ4n) is 3.71. The molecule has 0 aliphatic carbocycles. The number of nitrogens with zero attached hydrogens (tertiary/aromatic N) is 3. The Labute approximate surface area is 169 Å². The highest BCUT2D eigenvalue weighted by Crippen LogP contribution is 2.30. The number of amides is 1. The van der Waals surface area contributed by atoms with E-state index in [4.69, 9.17) is 9.40 Å². The van der Waals surface area contributed by atoms with Crippen molar-refractivity contribution in [2.75, 3.05) is 11.5 Å². The van der Waals surface area contributed by atoms with Gasteiger partial charge in [0.05, 0.1) is 22.8 Å². The molecule has 1 aliphatic rings. The molecule has 1 amide bonds. The summed E-state index contributed by atoms with van der Waals surface area (Å²) >= 11 is 1.95. The monoisotopic (exact) mass is 398 g/mol. The van der Waals surface area contributed by atoms with Gasteiger partial charge in [-0.3, -0.25) is 4.79 Å². The number of hydrogen-bond donors (Lipinski definition) is 1. The minimum absolute atomic E-state index is 0.0493. The Morgan fingerprint density at radius 2 is 2.04 bits per heavy atom. The molecule has 0 radical (unpaired) electrons. The molecule has 4 rings (SSSR count). The smallest absolute Gasteiger partial charge is 0.252 e. The summed E-state index contributed by atoms with van der Waals surface area (Å²) in [6.45, 7) is 7.97. The third-order valence-electron chi connectivity index (χ3n) is 5.17. The molecule has 3 aromatic rings. The highest BCUT2D eigenvalue weighted by atomic mass is 32.2. The second-order valence-electron chi connectivity index (χ2n) is 7.66. The van der Waals surface area contributed by atoms with Crippen molar-refractivity contribution in [3.05, 3.63) is 35.4 Å². The number of nitrogens with one attached hydrogen (secondary N) is 1. The summed E-state index contributed by atoms with van der Waals surface area (Å²) in [7, 11) is 0. The van der Waals surface area contributed by atoms with Crippen LogP contribution in [0, 0.1) is 13.8 Å². The maximum absolute atomic E-state index is 13.2. The second-order valence-corrected chi connectivity index (χ2v) is 8.89. The van der Waals surface area contributed by atoms with Gasteiger partial charge in [-0.2, -0.15) is 16.9 Å². The number of carbonyl (C=O) groups is 1. The lowest BCUT2D eigenvalue weighted by atomic mass is 10.1. The Morgan fingerprint density at radius 3 is 2.68 bits per heavy atom. The first-order valence-corrected chi connectivity index (χ1v) is 10.9. The molecule has 0 bridgehead atoms. The van der Waals surface area contributed by atoms with Crippen LogP contribution >= 0.6 is 11.8 Å². The van der Waals surface area contributed by atoms with Crippen LogP contribution in [0.2, 0.25) is 0 Å². The van der Waals surface area contributed by atoms with Crippen LogP contribution in [0.15, 0.2) is 22.7 Å². The van der Waals surface area contributed by atoms with Crippen molar-refractivity contribution in [3.63, 3.8) is 0 Å². The number of fused-ring (bicyclic) bond motifs is 1. The van der Waals surface area contributed by atoms with E-state index in [1.807, 2.05) is 42.4 Å². The van der Waals surface area contributed by atoms with E-state index in [1.54, 1.807) is 6.20 Å². The van der Waals surface area contributed by atoms with Gasteiger partial charge in [0, 0.05) is 17.6 Å². The van der Waals surface area contributed by atoms with E-state index < -0.39 is 0 Å². The number of hydrogen-bond acceptors (Lipinski definition) is 5. The zero-order valence-electron chi connectivity index (χ0n) is 16.8. The first-order chi connectivity index (χ1) is 13.4. The van der Waals surface area contributed by atoms with Gasteiger partial charge in [-0.25, -0.2) is 9.67 Å². The summed E-state index contributed by atoms with van der Waals surface area (Å²) in [6.07, 6.45) is 3.79. The molecule has 0 unspecified atom stereocenters. The van der Waals surface area contributed by atoms with Crippen LogP contribution in [0.25, 0.3) is 22.3 Å². The Morgan fingerprint density at radius 1 is 1.29 bits per heavy atom. The van der Waals surface area contributed by atoms with Gasteiger partial charge in [-0.05, 0) is 64.2 Å². The summed E-state index contributed by atoms with van der Waals surface area (Å²) in [4.78, 5) is 18.0. The van der Waals surface area contributed by atoms with E-state index in [-0.39, 0.29) is 18.0 Å². The number of aromatic nitrogens is 3. The number of rotatable bonds is 4. The van der Waals surface area contributed by atoms with Crippen LogP contribution in [0.3, 0.4) is 0 Å². The van der Waals surface area contributed by atoms with Gasteiger partial charge in [0.25, 0.3) is 5.91 Å². The van der Waals surface area contributed by atoms with E-state index in [0.717, 1.165) is 58.2 Å². The quantitative estimate of drug-likeness (QED) is 0.700. The van der Waals surface area contributed by atoms with Crippen molar-refractivity contribution in [2.45, 2.75) is 52.6 Å². The third-order valence-corrected chi connectivity index (χ3v) is 6.22. The molecule has 0 spiro atoms. The Balaban J connectivity index is 1.81. The molecule has 1 N–H and O–H groups in total. The molecule has 148 valence electrons. The number of thioether (sulfide) groups is 1. The zero-order chi connectivity index (χ0) is 19.8. The minimum atomic E-state index is -0.0493.